The number of hydrogen-bond donors (Lipinski definition) is 0. The van der Waals surface area contributed by atoms with Crippen LogP contribution in [0, 0.1) is 18.3 Å². The van der Waals surface area contributed by atoms with E-state index < -0.39 is 0 Å². The summed E-state index contributed by atoms with van der Waals surface area (Å²) < 4.78 is 5.40. The first-order valence-corrected chi connectivity index (χ1v) is 6.83. The Bertz CT molecular complexity index is 608. The van der Waals surface area contributed by atoms with E-state index in [4.69, 9.17) is 4.74 Å². The highest BCUT2D eigenvalue weighted by atomic mass is 16.5. The van der Waals surface area contributed by atoms with E-state index in [-0.39, 0.29) is 11.5 Å². The molecule has 0 unspecified atom stereocenters. The number of ether oxygens (including phenoxy) is 1. The standard InChI is InChI=1S/C17H22N2O2/c1-11(2)15-9-13(12(3)7-16(15)21-6)8-14(10-18)17(20)19(4)5/h7-9,11H,1-6H3/b14-8-. The number of nitriles is 1. The maximum absolute atomic E-state index is 11.9. The van der Waals surface area contributed by atoms with Gasteiger partial charge >= 0.3 is 0 Å². The van der Waals surface area contributed by atoms with Gasteiger partial charge in [0, 0.05) is 14.1 Å². The van der Waals surface area contributed by atoms with Crippen molar-refractivity contribution in [2.75, 3.05) is 21.2 Å². The number of carbonyl (C=O) groups excluding carboxylic acids is 1. The van der Waals surface area contributed by atoms with Crippen molar-refractivity contribution in [3.05, 3.63) is 34.4 Å². The zero-order chi connectivity index (χ0) is 16.2. The van der Waals surface area contributed by atoms with Crippen LogP contribution in [-0.2, 0) is 4.79 Å². The van der Waals surface area contributed by atoms with Crippen molar-refractivity contribution in [1.29, 1.82) is 5.26 Å². The number of likely N-dealkylation sites (N-methyl/N-ethyl adjacent to an activating group) is 1. The highest BCUT2D eigenvalue weighted by Gasteiger charge is 2.14. The normalized spacial score (nSPS) is 11.2. The number of methoxy groups -OCH3 is 1. The lowest BCUT2D eigenvalue weighted by atomic mass is 9.95. The van der Waals surface area contributed by atoms with Crippen LogP contribution in [0.15, 0.2) is 17.7 Å². The summed E-state index contributed by atoms with van der Waals surface area (Å²) in [6, 6.07) is 5.90. The zero-order valence-electron chi connectivity index (χ0n) is 13.5. The number of hydrogen-bond acceptors (Lipinski definition) is 3. The summed E-state index contributed by atoms with van der Waals surface area (Å²) in [5.41, 5.74) is 3.02. The maximum atomic E-state index is 11.9. The van der Waals surface area contributed by atoms with E-state index in [1.54, 1.807) is 27.3 Å². The van der Waals surface area contributed by atoms with Gasteiger partial charge in [0.15, 0.2) is 0 Å². The van der Waals surface area contributed by atoms with Gasteiger partial charge in [-0.25, -0.2) is 0 Å². The Morgan fingerprint density at radius 1 is 1.38 bits per heavy atom. The lowest BCUT2D eigenvalue weighted by molar-refractivity contribution is -0.124. The zero-order valence-corrected chi connectivity index (χ0v) is 13.5. The minimum absolute atomic E-state index is 0.128. The molecule has 0 radical (unpaired) electrons. The fourth-order valence-electron chi connectivity index (χ4n) is 2.04. The second kappa shape index (κ2) is 6.94. The molecule has 0 atom stereocenters. The van der Waals surface area contributed by atoms with Crippen LogP contribution in [0.1, 0.15) is 36.5 Å². The third-order valence-electron chi connectivity index (χ3n) is 3.30. The van der Waals surface area contributed by atoms with Gasteiger partial charge in [-0.1, -0.05) is 13.8 Å². The van der Waals surface area contributed by atoms with Crippen molar-refractivity contribution in [3.63, 3.8) is 0 Å². The van der Waals surface area contributed by atoms with Crippen molar-refractivity contribution >= 4 is 12.0 Å². The van der Waals surface area contributed by atoms with Gasteiger partial charge in [-0.05, 0) is 47.7 Å². The number of carbonyl (C=O) groups is 1. The molecule has 0 aromatic heterocycles. The van der Waals surface area contributed by atoms with Gasteiger partial charge in [0.2, 0.25) is 0 Å². The van der Waals surface area contributed by atoms with Crippen LogP contribution in [0.3, 0.4) is 0 Å². The number of amides is 1. The van der Waals surface area contributed by atoms with Crippen molar-refractivity contribution in [1.82, 2.24) is 4.90 Å². The molecule has 1 aromatic rings. The quantitative estimate of drug-likeness (QED) is 0.631. The summed E-state index contributed by atoms with van der Waals surface area (Å²) >= 11 is 0. The molecule has 0 aliphatic heterocycles. The lowest BCUT2D eigenvalue weighted by Crippen LogP contribution is -2.22. The van der Waals surface area contributed by atoms with Crippen LogP contribution in [-0.4, -0.2) is 32.0 Å². The summed E-state index contributed by atoms with van der Waals surface area (Å²) in [4.78, 5) is 13.3. The van der Waals surface area contributed by atoms with Crippen LogP contribution in [0.5, 0.6) is 5.75 Å². The number of benzene rings is 1. The molecule has 0 aliphatic rings. The second-order valence-electron chi connectivity index (χ2n) is 5.47. The Balaban J connectivity index is 3.40. The molecule has 0 spiro atoms. The Morgan fingerprint density at radius 3 is 2.43 bits per heavy atom. The molecule has 4 nitrogen and oxygen atoms in total. The first-order valence-electron chi connectivity index (χ1n) is 6.83. The average molecular weight is 286 g/mol. The van der Waals surface area contributed by atoms with Gasteiger partial charge in [-0.3, -0.25) is 4.79 Å². The molecule has 0 fully saturated rings. The summed E-state index contributed by atoms with van der Waals surface area (Å²) in [7, 11) is 4.91. The average Bonchev–Trinajstić information content (AvgIpc) is 2.44. The Kier molecular flexibility index (Phi) is 5.54. The summed E-state index contributed by atoms with van der Waals surface area (Å²) in [6.07, 6.45) is 1.64. The van der Waals surface area contributed by atoms with Crippen LogP contribution in [0.4, 0.5) is 0 Å². The fraction of sp³-hybridized carbons (Fsp3) is 0.412. The number of rotatable bonds is 4. The first-order chi connectivity index (χ1) is 9.81. The van der Waals surface area contributed by atoms with Crippen molar-refractivity contribution in [3.8, 4) is 11.8 Å². The minimum atomic E-state index is -0.293. The Labute approximate surface area is 126 Å². The van der Waals surface area contributed by atoms with Gasteiger partial charge in [0.25, 0.3) is 5.91 Å². The summed E-state index contributed by atoms with van der Waals surface area (Å²) in [5, 5.41) is 9.19. The Morgan fingerprint density at radius 2 is 2.00 bits per heavy atom. The molecule has 0 N–H and O–H groups in total. The van der Waals surface area contributed by atoms with Gasteiger partial charge in [-0.2, -0.15) is 5.26 Å². The van der Waals surface area contributed by atoms with Gasteiger partial charge in [0.05, 0.1) is 7.11 Å². The molecule has 21 heavy (non-hydrogen) atoms. The third-order valence-corrected chi connectivity index (χ3v) is 3.30. The van der Waals surface area contributed by atoms with E-state index in [1.807, 2.05) is 25.1 Å². The molecular weight excluding hydrogens is 264 g/mol. The predicted octanol–water partition coefficient (Wildman–Crippen LogP) is 3.12. The van der Waals surface area contributed by atoms with Crippen LogP contribution < -0.4 is 4.74 Å². The molecule has 0 saturated heterocycles. The summed E-state index contributed by atoms with van der Waals surface area (Å²) in [6.45, 7) is 6.10. The molecule has 1 rings (SSSR count). The highest BCUT2D eigenvalue weighted by molar-refractivity contribution is 6.01. The molecule has 0 heterocycles. The molecule has 0 bridgehead atoms. The predicted molar refractivity (Wildman–Crippen MR) is 84.1 cm³/mol. The van der Waals surface area contributed by atoms with Crippen LogP contribution >= 0.6 is 0 Å². The van der Waals surface area contributed by atoms with E-state index in [0.29, 0.717) is 5.92 Å². The first kappa shape index (κ1) is 16.8. The van der Waals surface area contributed by atoms with Gasteiger partial charge < -0.3 is 9.64 Å². The van der Waals surface area contributed by atoms with E-state index >= 15 is 0 Å². The largest absolute Gasteiger partial charge is 0.496 e. The van der Waals surface area contributed by atoms with Crippen molar-refractivity contribution in [2.24, 2.45) is 0 Å². The second-order valence-corrected chi connectivity index (χ2v) is 5.47. The molecule has 0 saturated carbocycles. The van der Waals surface area contributed by atoms with Gasteiger partial charge in [-0.15, -0.1) is 0 Å². The van der Waals surface area contributed by atoms with Crippen LogP contribution in [0.2, 0.25) is 0 Å². The van der Waals surface area contributed by atoms with E-state index in [2.05, 4.69) is 13.8 Å². The Hall–Kier alpha value is -2.28. The van der Waals surface area contributed by atoms with Crippen molar-refractivity contribution in [2.45, 2.75) is 26.7 Å². The molecule has 1 aromatic carbocycles. The van der Waals surface area contributed by atoms with E-state index in [1.165, 1.54) is 4.90 Å². The highest BCUT2D eigenvalue weighted by Crippen LogP contribution is 2.30. The molecule has 112 valence electrons. The topological polar surface area (TPSA) is 53.3 Å². The van der Waals surface area contributed by atoms with Gasteiger partial charge in [0.1, 0.15) is 17.4 Å². The molecule has 4 heteroatoms. The van der Waals surface area contributed by atoms with Crippen LogP contribution in [0.25, 0.3) is 6.08 Å². The molecule has 1 amide bonds. The lowest BCUT2D eigenvalue weighted by Gasteiger charge is -2.15. The molecular formula is C17H22N2O2. The minimum Gasteiger partial charge on any atom is -0.496 e. The van der Waals surface area contributed by atoms with E-state index in [0.717, 1.165) is 22.4 Å². The summed E-state index contributed by atoms with van der Waals surface area (Å²) in [5.74, 6) is 0.832. The smallest absolute Gasteiger partial charge is 0.264 e. The monoisotopic (exact) mass is 286 g/mol. The number of aryl methyl sites for hydroxylation is 1. The van der Waals surface area contributed by atoms with Crippen molar-refractivity contribution < 1.29 is 9.53 Å². The van der Waals surface area contributed by atoms with E-state index in [9.17, 15) is 10.1 Å². The maximum Gasteiger partial charge on any atom is 0.264 e. The SMILES string of the molecule is COc1cc(C)c(/C=C(/C#N)C(=O)N(C)C)cc1C(C)C. The fourth-order valence-corrected chi connectivity index (χ4v) is 2.04. The molecule has 0 aliphatic carbocycles. The number of nitrogens with zero attached hydrogens (tertiary/aromatic N) is 2. The third kappa shape index (κ3) is 3.85.